The number of rotatable bonds is 5. The molecular formula is C14H19BrFNO. The second-order valence-corrected chi connectivity index (χ2v) is 5.84. The summed E-state index contributed by atoms with van der Waals surface area (Å²) in [5, 5.41) is 0. The maximum atomic E-state index is 13.7. The van der Waals surface area contributed by atoms with Gasteiger partial charge >= 0.3 is 0 Å². The zero-order chi connectivity index (χ0) is 13.1. The smallest absolute Gasteiger partial charge is 0.128 e. The Labute approximate surface area is 116 Å². The largest absolute Gasteiger partial charge is 0.378 e. The van der Waals surface area contributed by atoms with E-state index in [0.717, 1.165) is 30.3 Å². The van der Waals surface area contributed by atoms with Crippen LogP contribution in [0.3, 0.4) is 0 Å². The number of nitrogens with two attached hydrogens (primary N) is 1. The Bertz CT molecular complexity index is 407. The number of ether oxygens (including phenoxy) is 1. The zero-order valence-corrected chi connectivity index (χ0v) is 12.1. The van der Waals surface area contributed by atoms with Crippen LogP contribution in [0.5, 0.6) is 0 Å². The van der Waals surface area contributed by atoms with Crippen LogP contribution in [-0.4, -0.2) is 12.7 Å². The highest BCUT2D eigenvalue weighted by Crippen LogP contribution is 2.36. The van der Waals surface area contributed by atoms with Gasteiger partial charge in [-0.05, 0) is 50.3 Å². The zero-order valence-electron chi connectivity index (χ0n) is 10.5. The number of halogens is 2. The van der Waals surface area contributed by atoms with Crippen molar-refractivity contribution in [1.82, 2.24) is 0 Å². The van der Waals surface area contributed by atoms with Crippen molar-refractivity contribution in [2.75, 3.05) is 6.61 Å². The van der Waals surface area contributed by atoms with E-state index in [0.29, 0.717) is 17.6 Å². The number of benzene rings is 1. The lowest BCUT2D eigenvalue weighted by atomic mass is 9.77. The third-order valence-electron chi connectivity index (χ3n) is 3.54. The molecule has 1 unspecified atom stereocenters. The molecule has 1 atom stereocenters. The topological polar surface area (TPSA) is 35.2 Å². The quantitative estimate of drug-likeness (QED) is 0.897. The maximum absolute atomic E-state index is 13.7. The first-order valence-electron chi connectivity index (χ1n) is 6.42. The van der Waals surface area contributed by atoms with Crippen LogP contribution in [0.4, 0.5) is 4.39 Å². The molecule has 1 aromatic carbocycles. The minimum atomic E-state index is -0.227. The van der Waals surface area contributed by atoms with E-state index < -0.39 is 0 Å². The molecule has 0 saturated heterocycles. The van der Waals surface area contributed by atoms with Crippen LogP contribution in [0.25, 0.3) is 0 Å². The Morgan fingerprint density at radius 1 is 1.50 bits per heavy atom. The van der Waals surface area contributed by atoms with Crippen molar-refractivity contribution < 1.29 is 9.13 Å². The van der Waals surface area contributed by atoms with Gasteiger partial charge in [-0.25, -0.2) is 4.39 Å². The molecule has 0 amide bonds. The van der Waals surface area contributed by atoms with Gasteiger partial charge in [-0.15, -0.1) is 0 Å². The molecule has 1 aliphatic carbocycles. The SMILES string of the molecule is CCOC1CC(CC(N)c2cc(Br)ccc2F)C1. The van der Waals surface area contributed by atoms with E-state index in [2.05, 4.69) is 15.9 Å². The van der Waals surface area contributed by atoms with E-state index in [9.17, 15) is 4.39 Å². The van der Waals surface area contributed by atoms with Crippen molar-refractivity contribution in [2.45, 2.75) is 38.3 Å². The van der Waals surface area contributed by atoms with Gasteiger partial charge in [0.15, 0.2) is 0 Å². The Hall–Kier alpha value is -0.450. The summed E-state index contributed by atoms with van der Waals surface area (Å²) in [5.74, 6) is 0.348. The monoisotopic (exact) mass is 315 g/mol. The van der Waals surface area contributed by atoms with E-state index in [1.54, 1.807) is 12.1 Å². The van der Waals surface area contributed by atoms with E-state index in [1.165, 1.54) is 6.07 Å². The van der Waals surface area contributed by atoms with Crippen molar-refractivity contribution in [3.8, 4) is 0 Å². The van der Waals surface area contributed by atoms with Gasteiger partial charge in [-0.1, -0.05) is 15.9 Å². The predicted molar refractivity (Wildman–Crippen MR) is 73.8 cm³/mol. The Balaban J connectivity index is 1.89. The van der Waals surface area contributed by atoms with Crippen molar-refractivity contribution in [3.05, 3.63) is 34.1 Å². The molecule has 2 rings (SSSR count). The highest BCUT2D eigenvalue weighted by molar-refractivity contribution is 9.10. The summed E-state index contributed by atoms with van der Waals surface area (Å²) in [7, 11) is 0. The summed E-state index contributed by atoms with van der Waals surface area (Å²) >= 11 is 3.35. The Morgan fingerprint density at radius 3 is 2.89 bits per heavy atom. The third-order valence-corrected chi connectivity index (χ3v) is 4.03. The van der Waals surface area contributed by atoms with E-state index in [-0.39, 0.29) is 11.9 Å². The normalized spacial score (nSPS) is 24.7. The average Bonchev–Trinajstić information content (AvgIpc) is 2.29. The lowest BCUT2D eigenvalue weighted by Gasteiger charge is -2.36. The lowest BCUT2D eigenvalue weighted by Crippen LogP contribution is -2.33. The van der Waals surface area contributed by atoms with Gasteiger partial charge in [-0.2, -0.15) is 0 Å². The van der Waals surface area contributed by atoms with Crippen LogP contribution in [0.1, 0.15) is 37.8 Å². The summed E-state index contributed by atoms with van der Waals surface area (Å²) < 4.78 is 20.1. The fourth-order valence-electron chi connectivity index (χ4n) is 2.52. The van der Waals surface area contributed by atoms with Crippen molar-refractivity contribution >= 4 is 15.9 Å². The van der Waals surface area contributed by atoms with Crippen LogP contribution < -0.4 is 5.73 Å². The van der Waals surface area contributed by atoms with Gasteiger partial charge in [0.1, 0.15) is 5.82 Å². The predicted octanol–water partition coefficient (Wildman–Crippen LogP) is 3.79. The Morgan fingerprint density at radius 2 is 2.22 bits per heavy atom. The summed E-state index contributed by atoms with van der Waals surface area (Å²) in [4.78, 5) is 0. The molecule has 0 aromatic heterocycles. The van der Waals surface area contributed by atoms with E-state index >= 15 is 0 Å². The second kappa shape index (κ2) is 6.13. The average molecular weight is 316 g/mol. The summed E-state index contributed by atoms with van der Waals surface area (Å²) in [6, 6.07) is 4.71. The van der Waals surface area contributed by atoms with Crippen molar-refractivity contribution in [3.63, 3.8) is 0 Å². The Kier molecular flexibility index (Phi) is 4.76. The second-order valence-electron chi connectivity index (χ2n) is 4.92. The highest BCUT2D eigenvalue weighted by Gasteiger charge is 2.31. The minimum Gasteiger partial charge on any atom is -0.378 e. The first kappa shape index (κ1) is 14.0. The summed E-state index contributed by atoms with van der Waals surface area (Å²) in [5.41, 5.74) is 6.69. The molecule has 100 valence electrons. The molecule has 2 nitrogen and oxygen atoms in total. The lowest BCUT2D eigenvalue weighted by molar-refractivity contribution is -0.0282. The van der Waals surface area contributed by atoms with Gasteiger partial charge in [0.2, 0.25) is 0 Å². The fourth-order valence-corrected chi connectivity index (χ4v) is 2.90. The molecule has 1 aromatic rings. The molecule has 0 spiro atoms. The molecule has 0 heterocycles. The van der Waals surface area contributed by atoms with E-state index in [4.69, 9.17) is 10.5 Å². The first-order valence-corrected chi connectivity index (χ1v) is 7.21. The molecule has 0 aliphatic heterocycles. The van der Waals surface area contributed by atoms with Crippen molar-refractivity contribution in [2.24, 2.45) is 11.7 Å². The minimum absolute atomic E-state index is 0.216. The summed E-state index contributed by atoms with van der Waals surface area (Å²) in [6.45, 7) is 2.78. The molecule has 4 heteroatoms. The fraction of sp³-hybridized carbons (Fsp3) is 0.571. The van der Waals surface area contributed by atoms with Crippen LogP contribution in [-0.2, 0) is 4.74 Å². The molecule has 0 bridgehead atoms. The molecule has 18 heavy (non-hydrogen) atoms. The van der Waals surface area contributed by atoms with Gasteiger partial charge in [0.25, 0.3) is 0 Å². The van der Waals surface area contributed by atoms with Gasteiger partial charge in [0.05, 0.1) is 6.10 Å². The number of hydrogen-bond donors (Lipinski definition) is 1. The highest BCUT2D eigenvalue weighted by atomic mass is 79.9. The van der Waals surface area contributed by atoms with Crippen LogP contribution in [0.2, 0.25) is 0 Å². The molecule has 1 fully saturated rings. The third kappa shape index (κ3) is 3.31. The number of hydrogen-bond acceptors (Lipinski definition) is 2. The molecule has 1 saturated carbocycles. The standard InChI is InChI=1S/C14H19BrFNO/c1-2-18-11-5-9(6-11)7-14(17)12-8-10(15)3-4-13(12)16/h3-4,8-9,11,14H,2,5-7,17H2,1H3. The molecule has 1 aliphatic rings. The first-order chi connectivity index (χ1) is 8.60. The molecule has 2 N–H and O–H groups in total. The van der Waals surface area contributed by atoms with Gasteiger partial charge in [0, 0.05) is 22.7 Å². The van der Waals surface area contributed by atoms with Crippen LogP contribution in [0, 0.1) is 11.7 Å². The maximum Gasteiger partial charge on any atom is 0.128 e. The van der Waals surface area contributed by atoms with Gasteiger partial charge < -0.3 is 10.5 Å². The summed E-state index contributed by atoms with van der Waals surface area (Å²) in [6.07, 6.45) is 3.32. The van der Waals surface area contributed by atoms with Crippen LogP contribution >= 0.6 is 15.9 Å². The van der Waals surface area contributed by atoms with Gasteiger partial charge in [-0.3, -0.25) is 0 Å². The van der Waals surface area contributed by atoms with E-state index in [1.807, 2.05) is 6.92 Å². The van der Waals surface area contributed by atoms with Crippen LogP contribution in [0.15, 0.2) is 22.7 Å². The molecule has 0 radical (unpaired) electrons. The molecular weight excluding hydrogens is 297 g/mol. The van der Waals surface area contributed by atoms with Crippen molar-refractivity contribution in [1.29, 1.82) is 0 Å².